The van der Waals surface area contributed by atoms with Crippen molar-refractivity contribution < 1.29 is 37.0 Å². The van der Waals surface area contributed by atoms with Crippen LogP contribution in [0.2, 0.25) is 0 Å². The summed E-state index contributed by atoms with van der Waals surface area (Å²) in [7, 11) is 0. The molecule has 0 radical (unpaired) electrons. The molecule has 45 heavy (non-hydrogen) atoms. The molecule has 0 unspecified atom stereocenters. The number of hydrogen-bond acceptors (Lipinski definition) is 11. The quantitative estimate of drug-likeness (QED) is 0.331. The van der Waals surface area contributed by atoms with E-state index in [1.165, 1.54) is 35.1 Å². The van der Waals surface area contributed by atoms with Crippen molar-refractivity contribution in [1.29, 1.82) is 0 Å². The Labute approximate surface area is 258 Å². The number of esters is 2. The second-order valence-corrected chi connectivity index (χ2v) is 11.2. The molecule has 2 aliphatic heterocycles. The molecule has 12 nitrogen and oxygen atoms in total. The Morgan fingerprint density at radius 2 is 1.84 bits per heavy atom. The van der Waals surface area contributed by atoms with Crippen molar-refractivity contribution in [2.24, 2.45) is 5.41 Å². The number of nitrogens with two attached hydrogens (primary N) is 1. The number of aryl methyl sites for hydroxylation is 1. The minimum absolute atomic E-state index is 0.00847. The van der Waals surface area contributed by atoms with Gasteiger partial charge in [0.15, 0.2) is 0 Å². The Balaban J connectivity index is 1.40. The van der Waals surface area contributed by atoms with Crippen LogP contribution in [0.1, 0.15) is 60.8 Å². The van der Waals surface area contributed by atoms with Gasteiger partial charge in [-0.3, -0.25) is 4.79 Å². The number of carbonyl (C=O) groups excluding carboxylic acids is 2. The van der Waals surface area contributed by atoms with Gasteiger partial charge in [0.25, 0.3) is 0 Å². The molecule has 4 heterocycles. The zero-order valence-electron chi connectivity index (χ0n) is 25.3. The predicted molar refractivity (Wildman–Crippen MR) is 157 cm³/mol. The fourth-order valence-corrected chi connectivity index (χ4v) is 5.85. The van der Waals surface area contributed by atoms with Crippen LogP contribution in [0.25, 0.3) is 5.69 Å². The van der Waals surface area contributed by atoms with Crippen molar-refractivity contribution in [2.45, 2.75) is 58.4 Å². The van der Waals surface area contributed by atoms with Crippen LogP contribution in [0, 0.1) is 12.3 Å². The van der Waals surface area contributed by atoms with Crippen LogP contribution in [0.5, 0.6) is 5.88 Å². The molecule has 2 saturated heterocycles. The number of aromatic nitrogens is 4. The SMILES string of the molecule is CCOC(=O)c1ccc([C@@H](Oc2cc(N3CCC4(CC3)CN[C@H](C(=O)OCC)C4)nc(N)n2)C(F)(F)F)c(-n2ccc(C)n2)c1. The number of hydrogen-bond donors (Lipinski definition) is 2. The molecule has 0 amide bonds. The Morgan fingerprint density at radius 3 is 2.49 bits per heavy atom. The molecular formula is C30H36F3N7O5. The first-order valence-corrected chi connectivity index (χ1v) is 14.8. The Bertz CT molecular complexity index is 1540. The van der Waals surface area contributed by atoms with E-state index in [0.29, 0.717) is 44.2 Å². The van der Waals surface area contributed by atoms with Gasteiger partial charge in [0.1, 0.15) is 11.9 Å². The lowest BCUT2D eigenvalue weighted by atomic mass is 9.76. The second-order valence-electron chi connectivity index (χ2n) is 11.2. The molecule has 2 aromatic heterocycles. The molecular weight excluding hydrogens is 595 g/mol. The van der Waals surface area contributed by atoms with Gasteiger partial charge in [0.05, 0.1) is 30.2 Å². The summed E-state index contributed by atoms with van der Waals surface area (Å²) in [6.45, 7) is 7.28. The number of alkyl halides is 3. The second kappa shape index (κ2) is 12.9. The zero-order chi connectivity index (χ0) is 32.4. The molecule has 15 heteroatoms. The summed E-state index contributed by atoms with van der Waals surface area (Å²) in [5.74, 6) is -1.21. The minimum atomic E-state index is -4.88. The number of piperidine rings is 1. The summed E-state index contributed by atoms with van der Waals surface area (Å²) < 4.78 is 61.0. The molecule has 3 aromatic rings. The number of carbonyl (C=O) groups is 2. The standard InChI is InChI=1S/C30H36F3N7O5/c1-4-43-26(41)19-6-7-20(22(14-19)40-11-8-18(3)38-40)25(30(31,32)33)45-24-15-23(36-28(34)37-24)39-12-9-29(10-13-39)16-21(35-17-29)27(42)44-5-2/h6-8,11,14-15,21,25,35H,4-5,9-10,12-13,16-17H2,1-3H3,(H2,34,36,37)/t21-,25+/m0/s1. The number of anilines is 2. The Morgan fingerprint density at radius 1 is 1.11 bits per heavy atom. The van der Waals surface area contributed by atoms with Crippen LogP contribution in [0.3, 0.4) is 0 Å². The van der Waals surface area contributed by atoms with Crippen molar-refractivity contribution in [2.75, 3.05) is 43.5 Å². The van der Waals surface area contributed by atoms with Crippen LogP contribution < -0.4 is 20.7 Å². The number of halogens is 3. The van der Waals surface area contributed by atoms with Crippen molar-refractivity contribution in [3.8, 4) is 11.6 Å². The number of nitrogen functional groups attached to an aromatic ring is 1. The van der Waals surface area contributed by atoms with E-state index >= 15 is 0 Å². The normalized spacial score (nSPS) is 18.5. The molecule has 2 aliphatic rings. The van der Waals surface area contributed by atoms with Crippen molar-refractivity contribution in [3.05, 3.63) is 53.3 Å². The lowest BCUT2D eigenvalue weighted by Gasteiger charge is -2.39. The highest BCUT2D eigenvalue weighted by atomic mass is 19.4. The first-order chi connectivity index (χ1) is 21.4. The van der Waals surface area contributed by atoms with E-state index in [0.717, 1.165) is 12.8 Å². The smallest absolute Gasteiger partial charge is 0.429 e. The molecule has 1 spiro atoms. The summed E-state index contributed by atoms with van der Waals surface area (Å²) in [5, 5.41) is 7.52. The molecule has 5 rings (SSSR count). The highest BCUT2D eigenvalue weighted by Crippen LogP contribution is 2.42. The molecule has 0 saturated carbocycles. The van der Waals surface area contributed by atoms with E-state index in [2.05, 4.69) is 20.4 Å². The third-order valence-electron chi connectivity index (χ3n) is 8.12. The first-order valence-electron chi connectivity index (χ1n) is 14.8. The van der Waals surface area contributed by atoms with Gasteiger partial charge in [-0.15, -0.1) is 0 Å². The summed E-state index contributed by atoms with van der Waals surface area (Å²) in [6.07, 6.45) is -3.74. The van der Waals surface area contributed by atoms with E-state index in [1.807, 2.05) is 4.90 Å². The lowest BCUT2D eigenvalue weighted by molar-refractivity contribution is -0.198. The van der Waals surface area contributed by atoms with Crippen LogP contribution in [-0.4, -0.2) is 76.8 Å². The van der Waals surface area contributed by atoms with E-state index in [4.69, 9.17) is 19.9 Å². The Kier molecular flexibility index (Phi) is 9.18. The van der Waals surface area contributed by atoms with Crippen molar-refractivity contribution in [1.82, 2.24) is 25.1 Å². The fraction of sp³-hybridized carbons (Fsp3) is 0.500. The summed E-state index contributed by atoms with van der Waals surface area (Å²) in [4.78, 5) is 34.8. The number of rotatable bonds is 9. The van der Waals surface area contributed by atoms with E-state index in [-0.39, 0.29) is 52.7 Å². The molecule has 3 N–H and O–H groups in total. The number of benzene rings is 1. The molecule has 242 valence electrons. The van der Waals surface area contributed by atoms with E-state index in [9.17, 15) is 22.8 Å². The van der Waals surface area contributed by atoms with Gasteiger partial charge in [-0.2, -0.15) is 28.2 Å². The van der Waals surface area contributed by atoms with Gasteiger partial charge in [0.2, 0.25) is 17.9 Å². The maximum atomic E-state index is 14.7. The van der Waals surface area contributed by atoms with Crippen molar-refractivity contribution >= 4 is 23.7 Å². The average molecular weight is 632 g/mol. The Hall–Kier alpha value is -4.40. The monoisotopic (exact) mass is 631 g/mol. The molecule has 0 bridgehead atoms. The number of nitrogens with one attached hydrogen (secondary N) is 1. The van der Waals surface area contributed by atoms with Gasteiger partial charge in [-0.05, 0) is 63.6 Å². The molecule has 2 atom stereocenters. The third-order valence-corrected chi connectivity index (χ3v) is 8.12. The average Bonchev–Trinajstić information content (AvgIpc) is 3.62. The highest BCUT2D eigenvalue weighted by Gasteiger charge is 2.46. The van der Waals surface area contributed by atoms with Crippen molar-refractivity contribution in [3.63, 3.8) is 0 Å². The van der Waals surface area contributed by atoms with E-state index in [1.54, 1.807) is 26.8 Å². The maximum absolute atomic E-state index is 14.7. The van der Waals surface area contributed by atoms with Crippen LogP contribution in [0.15, 0.2) is 36.5 Å². The van der Waals surface area contributed by atoms with Crippen LogP contribution in [-0.2, 0) is 14.3 Å². The fourth-order valence-electron chi connectivity index (χ4n) is 5.85. The van der Waals surface area contributed by atoms with Crippen LogP contribution in [0.4, 0.5) is 24.9 Å². The van der Waals surface area contributed by atoms with Crippen LogP contribution >= 0.6 is 0 Å². The largest absolute Gasteiger partial charge is 0.465 e. The van der Waals surface area contributed by atoms with Gasteiger partial charge in [0, 0.05) is 37.5 Å². The first kappa shape index (κ1) is 32.0. The number of nitrogens with zero attached hydrogens (tertiary/aromatic N) is 5. The summed E-state index contributed by atoms with van der Waals surface area (Å²) >= 11 is 0. The van der Waals surface area contributed by atoms with E-state index < -0.39 is 18.2 Å². The predicted octanol–water partition coefficient (Wildman–Crippen LogP) is 3.92. The van der Waals surface area contributed by atoms with Gasteiger partial charge in [-0.25, -0.2) is 9.48 Å². The third kappa shape index (κ3) is 7.13. The summed E-state index contributed by atoms with van der Waals surface area (Å²) in [5.41, 5.74) is 6.19. The number of ether oxygens (including phenoxy) is 3. The topological polar surface area (TPSA) is 147 Å². The molecule has 0 aliphatic carbocycles. The molecule has 2 fully saturated rings. The molecule has 1 aromatic carbocycles. The van der Waals surface area contributed by atoms with Gasteiger partial charge in [-0.1, -0.05) is 6.07 Å². The maximum Gasteiger partial charge on any atom is 0.429 e. The summed E-state index contributed by atoms with van der Waals surface area (Å²) in [6, 6.07) is 6.33. The minimum Gasteiger partial charge on any atom is -0.465 e. The van der Waals surface area contributed by atoms with Gasteiger partial charge < -0.3 is 30.2 Å². The lowest BCUT2D eigenvalue weighted by Crippen LogP contribution is -2.41. The van der Waals surface area contributed by atoms with Gasteiger partial charge >= 0.3 is 18.1 Å². The highest BCUT2D eigenvalue weighted by molar-refractivity contribution is 5.90. The zero-order valence-corrected chi connectivity index (χ0v) is 25.3.